The molecule has 2 nitrogen and oxygen atoms in total. The van der Waals surface area contributed by atoms with E-state index in [9.17, 15) is 10.2 Å². The maximum Gasteiger partial charge on any atom is 0.0594 e. The van der Waals surface area contributed by atoms with Crippen molar-refractivity contribution >= 4 is 0 Å². The molecule has 0 spiro atoms. The minimum absolute atomic E-state index is 0.0517. The van der Waals surface area contributed by atoms with Crippen LogP contribution in [0.15, 0.2) is 12.7 Å². The Morgan fingerprint density at radius 1 is 0.781 bits per heavy atom. The summed E-state index contributed by atoms with van der Waals surface area (Å²) >= 11 is 0. The average molecular weight is 445 g/mol. The van der Waals surface area contributed by atoms with E-state index in [0.29, 0.717) is 28.8 Å². The second-order valence-electron chi connectivity index (χ2n) is 14.0. The van der Waals surface area contributed by atoms with Gasteiger partial charge >= 0.3 is 0 Å². The lowest BCUT2D eigenvalue weighted by Crippen LogP contribution is -2.66. The molecule has 0 saturated heterocycles. The highest BCUT2D eigenvalue weighted by Crippen LogP contribution is 2.76. The molecule has 0 aromatic carbocycles. The van der Waals surface area contributed by atoms with Crippen molar-refractivity contribution < 1.29 is 10.2 Å². The first-order valence-corrected chi connectivity index (χ1v) is 13.8. The van der Waals surface area contributed by atoms with E-state index in [2.05, 4.69) is 41.2 Å². The minimum atomic E-state index is -0.129. The Balaban J connectivity index is 0.000000775. The number of hydrogen-bond acceptors (Lipinski definition) is 2. The van der Waals surface area contributed by atoms with Gasteiger partial charge in [-0.1, -0.05) is 47.1 Å². The van der Waals surface area contributed by atoms with Crippen LogP contribution in [0.1, 0.15) is 112 Å². The Hall–Kier alpha value is -0.340. The highest BCUT2D eigenvalue weighted by atomic mass is 16.3. The van der Waals surface area contributed by atoms with Gasteiger partial charge in [0.15, 0.2) is 0 Å². The first-order valence-electron chi connectivity index (χ1n) is 13.8. The molecule has 184 valence electrons. The molecule has 7 unspecified atom stereocenters. The van der Waals surface area contributed by atoms with Crippen LogP contribution in [-0.2, 0) is 0 Å². The van der Waals surface area contributed by atoms with Crippen LogP contribution in [0.25, 0.3) is 0 Å². The van der Waals surface area contributed by atoms with E-state index in [1.165, 1.54) is 64.2 Å². The molecule has 5 fully saturated rings. The molecule has 9 atom stereocenters. The molecule has 0 bridgehead atoms. The maximum atomic E-state index is 10.8. The first-order chi connectivity index (χ1) is 15.0. The molecule has 5 rings (SSSR count). The Morgan fingerprint density at radius 3 is 2.12 bits per heavy atom. The number of aliphatic hydroxyl groups is 2. The fourth-order valence-electron chi connectivity index (χ4n) is 11.0. The molecule has 0 aromatic rings. The third-order valence-electron chi connectivity index (χ3n) is 12.8. The lowest BCUT2D eigenvalue weighted by Gasteiger charge is -2.72. The van der Waals surface area contributed by atoms with Gasteiger partial charge in [-0.2, -0.15) is 0 Å². The van der Waals surface area contributed by atoms with Crippen LogP contribution in [0, 0.1) is 50.7 Å². The zero-order chi connectivity index (χ0) is 23.6. The fraction of sp³-hybridized carbons (Fsp3) is 0.933. The van der Waals surface area contributed by atoms with Crippen LogP contribution in [0.3, 0.4) is 0 Å². The van der Waals surface area contributed by atoms with Crippen LogP contribution in [0.5, 0.6) is 0 Å². The van der Waals surface area contributed by atoms with Gasteiger partial charge in [0, 0.05) is 6.61 Å². The molecule has 0 heterocycles. The normalized spacial score (nSPS) is 53.6. The summed E-state index contributed by atoms with van der Waals surface area (Å²) < 4.78 is 0. The van der Waals surface area contributed by atoms with Crippen molar-refractivity contribution in [2.75, 3.05) is 6.61 Å². The van der Waals surface area contributed by atoms with Gasteiger partial charge in [0.05, 0.1) is 6.10 Å². The van der Waals surface area contributed by atoms with Gasteiger partial charge in [0.2, 0.25) is 0 Å². The van der Waals surface area contributed by atoms with Crippen LogP contribution in [0.2, 0.25) is 0 Å². The van der Waals surface area contributed by atoms with E-state index in [4.69, 9.17) is 0 Å². The van der Waals surface area contributed by atoms with E-state index in [1.807, 2.05) is 6.92 Å². The van der Waals surface area contributed by atoms with Crippen molar-refractivity contribution in [2.24, 2.45) is 50.7 Å². The standard InChI is InChI=1S/C27H46O2.C3H6/c1-23(2)20-10-14-26(5)21(24(20,3)13-11-22(23)29)9-8-18-19-7-6-12-27(19,17-28)16-15-25(18,26)4;1-3-2/h18-22,28-29H,6-17H2,1-5H3;3H,1H2,2H3/t18?,19?,20?,21?,22?,24-,25+,26?,27?;/m0./s1. The van der Waals surface area contributed by atoms with Gasteiger partial charge in [-0.15, -0.1) is 6.58 Å². The van der Waals surface area contributed by atoms with Crippen molar-refractivity contribution in [3.63, 3.8) is 0 Å². The van der Waals surface area contributed by atoms with Crippen molar-refractivity contribution in [1.82, 2.24) is 0 Å². The molecule has 2 N–H and O–H groups in total. The minimum Gasteiger partial charge on any atom is -0.396 e. The Morgan fingerprint density at radius 2 is 1.47 bits per heavy atom. The summed E-state index contributed by atoms with van der Waals surface area (Å²) in [6, 6.07) is 0. The van der Waals surface area contributed by atoms with E-state index in [-0.39, 0.29) is 16.9 Å². The smallest absolute Gasteiger partial charge is 0.0594 e. The third kappa shape index (κ3) is 3.10. The molecule has 0 aliphatic heterocycles. The molecule has 0 amide bonds. The molecule has 0 radical (unpaired) electrons. The van der Waals surface area contributed by atoms with E-state index >= 15 is 0 Å². The second kappa shape index (κ2) is 8.11. The Bertz CT molecular complexity index is 714. The lowest BCUT2D eigenvalue weighted by atomic mass is 9.32. The van der Waals surface area contributed by atoms with Crippen molar-refractivity contribution in [1.29, 1.82) is 0 Å². The van der Waals surface area contributed by atoms with Crippen molar-refractivity contribution in [3.8, 4) is 0 Å². The Labute approximate surface area is 198 Å². The quantitative estimate of drug-likeness (QED) is 0.414. The first kappa shape index (κ1) is 24.8. The topological polar surface area (TPSA) is 40.5 Å². The summed E-state index contributed by atoms with van der Waals surface area (Å²) in [5, 5.41) is 21.2. The number of fused-ring (bicyclic) bond motifs is 7. The van der Waals surface area contributed by atoms with Crippen molar-refractivity contribution in [3.05, 3.63) is 12.7 Å². The van der Waals surface area contributed by atoms with E-state index in [0.717, 1.165) is 24.2 Å². The lowest BCUT2D eigenvalue weighted by molar-refractivity contribution is -0.247. The van der Waals surface area contributed by atoms with Crippen LogP contribution < -0.4 is 0 Å². The highest BCUT2D eigenvalue weighted by molar-refractivity contribution is 5.18. The number of aliphatic hydroxyl groups excluding tert-OH is 2. The molecule has 2 heteroatoms. The van der Waals surface area contributed by atoms with Gasteiger partial charge in [0.25, 0.3) is 0 Å². The van der Waals surface area contributed by atoms with Gasteiger partial charge < -0.3 is 10.2 Å². The molecular weight excluding hydrogens is 392 g/mol. The summed E-state index contributed by atoms with van der Waals surface area (Å²) in [6.07, 6.45) is 15.8. The van der Waals surface area contributed by atoms with Gasteiger partial charge in [-0.25, -0.2) is 0 Å². The zero-order valence-corrected chi connectivity index (χ0v) is 22.1. The van der Waals surface area contributed by atoms with Crippen LogP contribution in [0.4, 0.5) is 0 Å². The second-order valence-corrected chi connectivity index (χ2v) is 14.0. The summed E-state index contributed by atoms with van der Waals surface area (Å²) in [7, 11) is 0. The summed E-state index contributed by atoms with van der Waals surface area (Å²) in [5.41, 5.74) is 1.54. The van der Waals surface area contributed by atoms with E-state index < -0.39 is 0 Å². The number of allylic oxidation sites excluding steroid dienone is 1. The van der Waals surface area contributed by atoms with E-state index in [1.54, 1.807) is 6.08 Å². The third-order valence-corrected chi connectivity index (χ3v) is 12.8. The molecule has 32 heavy (non-hydrogen) atoms. The SMILES string of the molecule is C=CC.CC1(C)C(O)CC[C@@]2(C)C1CCC1(C)C2CCC2C3CCCC3(CO)CC[C@]21C. The molecule has 0 aromatic heterocycles. The van der Waals surface area contributed by atoms with Gasteiger partial charge in [0.1, 0.15) is 0 Å². The molecule has 5 aliphatic rings. The summed E-state index contributed by atoms with van der Waals surface area (Å²) in [5.74, 6) is 3.03. The number of rotatable bonds is 1. The predicted octanol–water partition coefficient (Wildman–Crippen LogP) is 7.39. The molecule has 5 aliphatic carbocycles. The fourth-order valence-corrected chi connectivity index (χ4v) is 11.0. The molecule has 5 saturated carbocycles. The van der Waals surface area contributed by atoms with Gasteiger partial charge in [-0.05, 0) is 122 Å². The predicted molar refractivity (Wildman–Crippen MR) is 134 cm³/mol. The van der Waals surface area contributed by atoms with Crippen molar-refractivity contribution in [2.45, 2.75) is 118 Å². The summed E-state index contributed by atoms with van der Waals surface area (Å²) in [4.78, 5) is 0. The van der Waals surface area contributed by atoms with Crippen LogP contribution >= 0.6 is 0 Å². The molecular formula is C30H52O2. The summed E-state index contributed by atoms with van der Waals surface area (Å²) in [6.45, 7) is 18.4. The maximum absolute atomic E-state index is 10.8. The largest absolute Gasteiger partial charge is 0.396 e. The van der Waals surface area contributed by atoms with Crippen LogP contribution in [-0.4, -0.2) is 22.9 Å². The zero-order valence-electron chi connectivity index (χ0n) is 22.1. The monoisotopic (exact) mass is 444 g/mol. The Kier molecular flexibility index (Phi) is 6.28. The number of hydrogen-bond donors (Lipinski definition) is 2. The average Bonchev–Trinajstić information content (AvgIpc) is 3.17. The highest BCUT2D eigenvalue weighted by Gasteiger charge is 2.69. The van der Waals surface area contributed by atoms with Gasteiger partial charge in [-0.3, -0.25) is 0 Å².